The molecule has 0 unspecified atom stereocenters. The van der Waals surface area contributed by atoms with Gasteiger partial charge in [-0.15, -0.1) is 0 Å². The number of hydrogen-bond donors (Lipinski definition) is 4. The third-order valence-electron chi connectivity index (χ3n) is 3.97. The van der Waals surface area contributed by atoms with Crippen molar-refractivity contribution >= 4 is 33.8 Å². The monoisotopic (exact) mass is 450 g/mol. The number of pyridine rings is 1. The Bertz CT molecular complexity index is 960. The molecule has 4 N–H and O–H groups in total. The Kier molecular flexibility index (Phi) is 6.57. The maximum Gasteiger partial charge on any atom is 0.405 e. The fourth-order valence-corrected chi connectivity index (χ4v) is 3.11. The molecule has 1 atom stereocenters. The Morgan fingerprint density at radius 3 is 2.43 bits per heavy atom. The number of carboxylic acid groups (broad SMARTS) is 1. The summed E-state index contributed by atoms with van der Waals surface area (Å²) < 4.78 is 1.72. The number of carbonyl (C=O) groups is 3. The highest BCUT2D eigenvalue weighted by Gasteiger charge is 2.35. The first kappa shape index (κ1) is 21.2. The van der Waals surface area contributed by atoms with Crippen molar-refractivity contribution in [2.24, 2.45) is 7.05 Å². The van der Waals surface area contributed by atoms with E-state index in [1.165, 1.54) is 30.8 Å². The maximum absolute atomic E-state index is 12.6. The van der Waals surface area contributed by atoms with Crippen LogP contribution in [0.15, 0.2) is 51.9 Å². The van der Waals surface area contributed by atoms with Gasteiger partial charge in [0.2, 0.25) is 0 Å². The number of aromatic nitrogens is 1. The molecule has 3 amide bonds. The van der Waals surface area contributed by atoms with Crippen LogP contribution in [-0.4, -0.2) is 33.1 Å². The molecule has 148 valence electrons. The zero-order chi connectivity index (χ0) is 20.9. The Labute approximate surface area is 168 Å². The van der Waals surface area contributed by atoms with Gasteiger partial charge in [0.05, 0.1) is 0 Å². The van der Waals surface area contributed by atoms with Gasteiger partial charge in [-0.3, -0.25) is 25.2 Å². The molecule has 2 rings (SSSR count). The topological polar surface area (TPSA) is 130 Å². The van der Waals surface area contributed by atoms with Gasteiger partial charge in [-0.1, -0.05) is 30.3 Å². The van der Waals surface area contributed by atoms with Crippen molar-refractivity contribution in [3.8, 4) is 0 Å². The van der Waals surface area contributed by atoms with E-state index in [2.05, 4.69) is 32.1 Å². The normalized spacial score (nSPS) is 12.5. The van der Waals surface area contributed by atoms with Crippen molar-refractivity contribution < 1.29 is 19.5 Å². The smallest absolute Gasteiger partial charge is 0.405 e. The lowest BCUT2D eigenvalue weighted by Crippen LogP contribution is -2.61. The molecular formula is C18H19BrN4O5. The van der Waals surface area contributed by atoms with Crippen molar-refractivity contribution in [1.29, 1.82) is 0 Å². The number of hydrazine groups is 1. The van der Waals surface area contributed by atoms with Gasteiger partial charge >= 0.3 is 6.09 Å². The molecule has 28 heavy (non-hydrogen) atoms. The van der Waals surface area contributed by atoms with E-state index in [9.17, 15) is 19.2 Å². The van der Waals surface area contributed by atoms with Crippen LogP contribution in [0.4, 0.5) is 4.79 Å². The second-order valence-corrected chi connectivity index (χ2v) is 7.24. The van der Waals surface area contributed by atoms with E-state index in [0.29, 0.717) is 4.47 Å². The average molecular weight is 451 g/mol. The first-order valence-corrected chi connectivity index (χ1v) is 8.93. The number of amides is 3. The first-order chi connectivity index (χ1) is 13.1. The van der Waals surface area contributed by atoms with E-state index >= 15 is 0 Å². The summed E-state index contributed by atoms with van der Waals surface area (Å²) in [7, 11) is 1.48. The molecule has 0 fully saturated rings. The quantitative estimate of drug-likeness (QED) is 0.508. The summed E-state index contributed by atoms with van der Waals surface area (Å²) >= 11 is 3.19. The minimum absolute atomic E-state index is 0.0560. The molecule has 0 aliphatic rings. The zero-order valence-corrected chi connectivity index (χ0v) is 16.7. The van der Waals surface area contributed by atoms with Crippen molar-refractivity contribution in [2.75, 3.05) is 0 Å². The fourth-order valence-electron chi connectivity index (χ4n) is 2.57. The standard InChI is InChI=1S/C18H19BrN4O5/c1-18(20-17(27)28,9-11-6-4-3-5-7-11)16(26)22-21-14(24)13-8-12(19)10-23(2)15(13)25/h3-8,10,20H,9H2,1-2H3,(H,21,24)(H,22,26)(H,27,28)/t18-/m1/s1. The van der Waals surface area contributed by atoms with E-state index in [1.54, 1.807) is 30.3 Å². The number of carbonyl (C=O) groups excluding carboxylic acids is 2. The summed E-state index contributed by atoms with van der Waals surface area (Å²) in [6, 6.07) is 10.1. The molecule has 0 saturated heterocycles. The van der Waals surface area contributed by atoms with Crippen LogP contribution < -0.4 is 21.7 Å². The Hall–Kier alpha value is -3.14. The molecule has 2 aromatic rings. The molecule has 0 aliphatic carbocycles. The number of aryl methyl sites for hydroxylation is 1. The molecule has 1 heterocycles. The van der Waals surface area contributed by atoms with Crippen LogP contribution in [-0.2, 0) is 18.3 Å². The Morgan fingerprint density at radius 2 is 1.82 bits per heavy atom. The highest BCUT2D eigenvalue weighted by molar-refractivity contribution is 9.10. The summed E-state index contributed by atoms with van der Waals surface area (Å²) in [6.45, 7) is 1.40. The number of nitrogens with one attached hydrogen (secondary N) is 3. The molecule has 1 aromatic carbocycles. The number of halogens is 1. The summed E-state index contributed by atoms with van der Waals surface area (Å²) in [5, 5.41) is 11.3. The summed E-state index contributed by atoms with van der Waals surface area (Å²) in [5.74, 6) is -1.61. The third-order valence-corrected chi connectivity index (χ3v) is 4.40. The van der Waals surface area contributed by atoms with E-state index in [0.717, 1.165) is 5.56 Å². The largest absolute Gasteiger partial charge is 0.465 e. The summed E-state index contributed by atoms with van der Waals surface area (Å²) in [4.78, 5) is 48.1. The van der Waals surface area contributed by atoms with Crippen LogP contribution in [0, 0.1) is 0 Å². The average Bonchev–Trinajstić information content (AvgIpc) is 2.62. The van der Waals surface area contributed by atoms with E-state index in [4.69, 9.17) is 5.11 Å². The SMILES string of the molecule is Cn1cc(Br)cc(C(=O)NNC(=O)[C@@](C)(Cc2ccccc2)NC(=O)O)c1=O. The number of benzene rings is 1. The molecular weight excluding hydrogens is 432 g/mol. The van der Waals surface area contributed by atoms with Gasteiger partial charge in [-0.25, -0.2) is 4.79 Å². The van der Waals surface area contributed by atoms with Crippen LogP contribution in [0.3, 0.4) is 0 Å². The number of hydrogen-bond acceptors (Lipinski definition) is 4. The second-order valence-electron chi connectivity index (χ2n) is 6.32. The maximum atomic E-state index is 12.6. The van der Waals surface area contributed by atoms with Crippen LogP contribution in [0.1, 0.15) is 22.8 Å². The molecule has 10 heteroatoms. The van der Waals surface area contributed by atoms with Crippen molar-refractivity contribution in [1.82, 2.24) is 20.7 Å². The van der Waals surface area contributed by atoms with Gasteiger partial charge in [0, 0.05) is 24.1 Å². The van der Waals surface area contributed by atoms with Gasteiger partial charge < -0.3 is 15.0 Å². The van der Waals surface area contributed by atoms with E-state index in [-0.39, 0.29) is 12.0 Å². The van der Waals surface area contributed by atoms with Gasteiger partial charge in [-0.05, 0) is 34.5 Å². The predicted octanol–water partition coefficient (Wildman–Crippen LogP) is 1.18. The molecule has 1 aromatic heterocycles. The highest BCUT2D eigenvalue weighted by atomic mass is 79.9. The van der Waals surface area contributed by atoms with Crippen LogP contribution in [0.5, 0.6) is 0 Å². The van der Waals surface area contributed by atoms with Gasteiger partial charge in [-0.2, -0.15) is 0 Å². The van der Waals surface area contributed by atoms with Crippen LogP contribution >= 0.6 is 15.9 Å². The lowest BCUT2D eigenvalue weighted by atomic mass is 9.92. The lowest BCUT2D eigenvalue weighted by molar-refractivity contribution is -0.127. The van der Waals surface area contributed by atoms with Crippen LogP contribution in [0.2, 0.25) is 0 Å². The summed E-state index contributed by atoms with van der Waals surface area (Å²) in [5.41, 5.74) is 2.77. The molecule has 0 aliphatic heterocycles. The Balaban J connectivity index is 2.16. The fraction of sp³-hybridized carbons (Fsp3) is 0.222. The molecule has 0 spiro atoms. The third kappa shape index (κ3) is 5.19. The number of nitrogens with zero attached hydrogens (tertiary/aromatic N) is 1. The van der Waals surface area contributed by atoms with Crippen LogP contribution in [0.25, 0.3) is 0 Å². The molecule has 0 radical (unpaired) electrons. The van der Waals surface area contributed by atoms with Gasteiger partial charge in [0.25, 0.3) is 17.4 Å². The number of rotatable bonds is 5. The molecule has 9 nitrogen and oxygen atoms in total. The highest BCUT2D eigenvalue weighted by Crippen LogP contribution is 2.14. The molecule has 0 saturated carbocycles. The first-order valence-electron chi connectivity index (χ1n) is 8.14. The predicted molar refractivity (Wildman–Crippen MR) is 105 cm³/mol. The van der Waals surface area contributed by atoms with E-state index < -0.39 is 29.0 Å². The van der Waals surface area contributed by atoms with Crippen molar-refractivity contribution in [3.63, 3.8) is 0 Å². The van der Waals surface area contributed by atoms with Crippen molar-refractivity contribution in [3.05, 3.63) is 68.5 Å². The second kappa shape index (κ2) is 8.70. The lowest BCUT2D eigenvalue weighted by Gasteiger charge is -2.28. The van der Waals surface area contributed by atoms with Gasteiger partial charge in [0.15, 0.2) is 0 Å². The Morgan fingerprint density at radius 1 is 1.18 bits per heavy atom. The molecule has 0 bridgehead atoms. The zero-order valence-electron chi connectivity index (χ0n) is 15.2. The minimum atomic E-state index is -1.55. The van der Waals surface area contributed by atoms with Crippen molar-refractivity contribution in [2.45, 2.75) is 18.9 Å². The minimum Gasteiger partial charge on any atom is -0.465 e. The van der Waals surface area contributed by atoms with Gasteiger partial charge in [0.1, 0.15) is 11.1 Å². The van der Waals surface area contributed by atoms with E-state index in [1.807, 2.05) is 0 Å². The summed E-state index contributed by atoms with van der Waals surface area (Å²) in [6.07, 6.45) is 0.159.